The van der Waals surface area contributed by atoms with Gasteiger partial charge in [-0.05, 0) is 79.9 Å². The topological polar surface area (TPSA) is 75.7 Å². The van der Waals surface area contributed by atoms with Gasteiger partial charge in [0.25, 0.3) is 11.8 Å². The molecule has 0 atom stereocenters. The molecule has 29 heavy (non-hydrogen) atoms. The van der Waals surface area contributed by atoms with Crippen LogP contribution in [0.2, 0.25) is 0 Å². The van der Waals surface area contributed by atoms with Crippen molar-refractivity contribution < 1.29 is 23.5 Å². The summed E-state index contributed by atoms with van der Waals surface area (Å²) >= 11 is 6.77. The van der Waals surface area contributed by atoms with E-state index in [1.165, 1.54) is 18.2 Å². The van der Waals surface area contributed by atoms with Crippen LogP contribution in [-0.2, 0) is 9.59 Å². The number of anilines is 1. The van der Waals surface area contributed by atoms with E-state index in [1.807, 2.05) is 0 Å². The van der Waals surface area contributed by atoms with E-state index < -0.39 is 23.7 Å². The fourth-order valence-electron chi connectivity index (χ4n) is 2.59. The lowest BCUT2D eigenvalue weighted by Crippen LogP contribution is -2.54. The highest BCUT2D eigenvalue weighted by Gasteiger charge is 2.36. The Morgan fingerprint density at radius 2 is 1.72 bits per heavy atom. The highest BCUT2D eigenvalue weighted by Crippen LogP contribution is 2.35. The summed E-state index contributed by atoms with van der Waals surface area (Å²) in [6.07, 6.45) is 2.95. The maximum Gasteiger partial charge on any atom is 0.335 e. The third kappa shape index (κ3) is 4.46. The molecule has 1 aliphatic heterocycles. The summed E-state index contributed by atoms with van der Waals surface area (Å²) < 4.78 is 19.9. The first-order valence-corrected chi connectivity index (χ1v) is 9.80. The highest BCUT2D eigenvalue weighted by molar-refractivity contribution is 9.11. The summed E-state index contributed by atoms with van der Waals surface area (Å²) in [5, 5.41) is 2.12. The lowest BCUT2D eigenvalue weighted by Gasteiger charge is -2.26. The number of carbonyl (C=O) groups excluding carboxylic acids is 3. The Morgan fingerprint density at radius 3 is 2.31 bits per heavy atom. The fraction of sp³-hybridized carbons (Fsp3) is 0.0500. The van der Waals surface area contributed by atoms with Crippen molar-refractivity contribution in [3.05, 3.63) is 75.0 Å². The molecule has 4 amide bonds. The number of nitrogens with zero attached hydrogens (tertiary/aromatic N) is 1. The summed E-state index contributed by atoms with van der Waals surface area (Å²) in [5.41, 5.74) is 0.414. The number of ether oxygens (including phenoxy) is 1. The van der Waals surface area contributed by atoms with Gasteiger partial charge in [-0.25, -0.2) is 14.1 Å². The maximum absolute atomic E-state index is 13.2. The van der Waals surface area contributed by atoms with Crippen LogP contribution in [0.25, 0.3) is 6.08 Å². The van der Waals surface area contributed by atoms with Crippen LogP contribution in [0, 0.1) is 5.82 Å². The van der Waals surface area contributed by atoms with Crippen molar-refractivity contribution in [3.63, 3.8) is 0 Å². The van der Waals surface area contributed by atoms with E-state index in [9.17, 15) is 18.8 Å². The van der Waals surface area contributed by atoms with Gasteiger partial charge in [-0.1, -0.05) is 12.7 Å². The minimum Gasteiger partial charge on any atom is -0.487 e. The molecule has 0 bridgehead atoms. The van der Waals surface area contributed by atoms with Gasteiger partial charge in [0.2, 0.25) is 0 Å². The van der Waals surface area contributed by atoms with Gasteiger partial charge in [0.15, 0.2) is 0 Å². The number of imide groups is 2. The Hall–Kier alpha value is -2.78. The molecule has 3 rings (SSSR count). The van der Waals surface area contributed by atoms with E-state index in [-0.39, 0.29) is 11.3 Å². The average Bonchev–Trinajstić information content (AvgIpc) is 2.66. The second kappa shape index (κ2) is 8.71. The number of benzene rings is 2. The number of hydrogen-bond donors (Lipinski definition) is 1. The molecule has 0 aromatic heterocycles. The number of hydrogen-bond acceptors (Lipinski definition) is 4. The van der Waals surface area contributed by atoms with E-state index in [0.29, 0.717) is 26.9 Å². The van der Waals surface area contributed by atoms with Crippen LogP contribution < -0.4 is 15.0 Å². The number of halogens is 3. The summed E-state index contributed by atoms with van der Waals surface area (Å²) in [7, 11) is 0. The zero-order chi connectivity index (χ0) is 21.1. The normalized spacial score (nSPS) is 15.5. The van der Waals surface area contributed by atoms with Gasteiger partial charge >= 0.3 is 6.03 Å². The van der Waals surface area contributed by atoms with Crippen LogP contribution in [-0.4, -0.2) is 24.5 Å². The SMILES string of the molecule is C=CCOc1c(Br)cc(/C=C2/C(=O)NC(=O)N(c3ccc(F)cc3)C2=O)cc1Br. The molecule has 0 radical (unpaired) electrons. The predicted molar refractivity (Wildman–Crippen MR) is 113 cm³/mol. The molecule has 6 nitrogen and oxygen atoms in total. The van der Waals surface area contributed by atoms with E-state index >= 15 is 0 Å². The van der Waals surface area contributed by atoms with Gasteiger partial charge in [0.05, 0.1) is 14.6 Å². The van der Waals surface area contributed by atoms with Gasteiger partial charge < -0.3 is 4.74 Å². The molecule has 1 fully saturated rings. The van der Waals surface area contributed by atoms with E-state index in [1.54, 1.807) is 18.2 Å². The Morgan fingerprint density at radius 1 is 1.10 bits per heavy atom. The summed E-state index contributed by atoms with van der Waals surface area (Å²) in [5.74, 6) is -1.62. The lowest BCUT2D eigenvalue weighted by molar-refractivity contribution is -0.122. The van der Waals surface area contributed by atoms with Crippen LogP contribution in [0.15, 0.2) is 63.6 Å². The van der Waals surface area contributed by atoms with Crippen molar-refractivity contribution >= 4 is 61.5 Å². The Kier molecular flexibility index (Phi) is 6.29. The molecule has 1 saturated heterocycles. The number of urea groups is 1. The van der Waals surface area contributed by atoms with Gasteiger partial charge in [0, 0.05) is 0 Å². The average molecular weight is 524 g/mol. The van der Waals surface area contributed by atoms with Gasteiger partial charge in [0.1, 0.15) is 23.7 Å². The lowest BCUT2D eigenvalue weighted by atomic mass is 10.1. The molecular weight excluding hydrogens is 511 g/mol. The second-order valence-electron chi connectivity index (χ2n) is 5.85. The van der Waals surface area contributed by atoms with Crippen LogP contribution in [0.3, 0.4) is 0 Å². The molecule has 0 spiro atoms. The van der Waals surface area contributed by atoms with Gasteiger partial charge in [-0.15, -0.1) is 0 Å². The van der Waals surface area contributed by atoms with Crippen molar-refractivity contribution in [1.29, 1.82) is 0 Å². The van der Waals surface area contributed by atoms with Crippen molar-refractivity contribution in [3.8, 4) is 5.75 Å². The number of amides is 4. The Bertz CT molecular complexity index is 1030. The van der Waals surface area contributed by atoms with E-state index in [0.717, 1.165) is 17.0 Å². The van der Waals surface area contributed by atoms with Crippen LogP contribution >= 0.6 is 31.9 Å². The van der Waals surface area contributed by atoms with Crippen molar-refractivity contribution in [2.24, 2.45) is 0 Å². The molecule has 2 aromatic carbocycles. The quantitative estimate of drug-likeness (QED) is 0.353. The van der Waals surface area contributed by atoms with Crippen molar-refractivity contribution in [2.75, 3.05) is 11.5 Å². The van der Waals surface area contributed by atoms with Crippen LogP contribution in [0.5, 0.6) is 5.75 Å². The molecule has 1 heterocycles. The fourth-order valence-corrected chi connectivity index (χ4v) is 4.04. The van der Waals surface area contributed by atoms with Crippen molar-refractivity contribution in [2.45, 2.75) is 0 Å². The standard InChI is InChI=1S/C20H13Br2FN2O4/c1-2-7-29-17-15(21)9-11(10-16(17)22)8-14-18(26)24-20(28)25(19(14)27)13-5-3-12(23)4-6-13/h2-6,8-10H,1,7H2,(H,24,26,28)/b14-8-. The molecule has 148 valence electrons. The monoisotopic (exact) mass is 522 g/mol. The summed E-state index contributed by atoms with van der Waals surface area (Å²) in [4.78, 5) is 38.0. The van der Waals surface area contributed by atoms with Crippen LogP contribution in [0.4, 0.5) is 14.9 Å². The maximum atomic E-state index is 13.2. The molecule has 0 saturated carbocycles. The molecule has 9 heteroatoms. The smallest absolute Gasteiger partial charge is 0.335 e. The largest absolute Gasteiger partial charge is 0.487 e. The first-order chi connectivity index (χ1) is 13.8. The minimum absolute atomic E-state index is 0.142. The third-order valence-electron chi connectivity index (χ3n) is 3.86. The molecule has 1 aliphatic rings. The zero-order valence-corrected chi connectivity index (χ0v) is 17.9. The van der Waals surface area contributed by atoms with Crippen LogP contribution in [0.1, 0.15) is 5.56 Å². The number of barbiturate groups is 1. The van der Waals surface area contributed by atoms with Gasteiger partial charge in [-0.2, -0.15) is 0 Å². The minimum atomic E-state index is -0.903. The second-order valence-corrected chi connectivity index (χ2v) is 7.56. The molecular formula is C20H13Br2FN2O4. The number of rotatable bonds is 5. The molecule has 0 aliphatic carbocycles. The Balaban J connectivity index is 1.98. The van der Waals surface area contributed by atoms with E-state index in [4.69, 9.17) is 4.74 Å². The summed E-state index contributed by atoms with van der Waals surface area (Å²) in [6, 6.07) is 7.21. The number of carbonyl (C=O) groups is 3. The van der Waals surface area contributed by atoms with Crippen molar-refractivity contribution in [1.82, 2.24) is 5.32 Å². The third-order valence-corrected chi connectivity index (χ3v) is 5.04. The Labute approximate surface area is 182 Å². The predicted octanol–water partition coefficient (Wildman–Crippen LogP) is 4.58. The first kappa shape index (κ1) is 20.9. The zero-order valence-electron chi connectivity index (χ0n) is 14.7. The summed E-state index contributed by atoms with van der Waals surface area (Å²) in [6.45, 7) is 3.89. The first-order valence-electron chi connectivity index (χ1n) is 8.21. The highest BCUT2D eigenvalue weighted by atomic mass is 79.9. The van der Waals surface area contributed by atoms with Gasteiger partial charge in [-0.3, -0.25) is 14.9 Å². The van der Waals surface area contributed by atoms with E-state index in [2.05, 4.69) is 43.8 Å². The molecule has 1 N–H and O–H groups in total. The molecule has 0 unspecified atom stereocenters. The molecule has 2 aromatic rings. The number of nitrogens with one attached hydrogen (secondary N) is 1.